The first kappa shape index (κ1) is 14.0. The van der Waals surface area contributed by atoms with E-state index in [2.05, 4.69) is 13.8 Å². The third-order valence-electron chi connectivity index (χ3n) is 7.87. The van der Waals surface area contributed by atoms with E-state index in [1.165, 1.54) is 19.3 Å². The summed E-state index contributed by atoms with van der Waals surface area (Å²) < 4.78 is 5.71. The van der Waals surface area contributed by atoms with Crippen LogP contribution in [0.1, 0.15) is 65.2 Å². The van der Waals surface area contributed by atoms with Crippen molar-refractivity contribution in [1.82, 2.24) is 0 Å². The number of rotatable bonds is 0. The summed E-state index contributed by atoms with van der Waals surface area (Å²) in [4.78, 5) is 11.6. The monoisotopic (exact) mass is 292 g/mol. The Morgan fingerprint density at radius 1 is 1.00 bits per heavy atom. The van der Waals surface area contributed by atoms with Crippen LogP contribution in [0, 0.1) is 28.6 Å². The average Bonchev–Trinajstić information content (AvgIpc) is 2.76. The Hall–Kier alpha value is -0.570. The number of carbonyl (C=O) groups excluding carboxylic acids is 1. The number of fused-ring (bicyclic) bond motifs is 5. The maximum atomic E-state index is 11.6. The Balaban J connectivity index is 1.64. The zero-order chi connectivity index (χ0) is 14.8. The zero-order valence-electron chi connectivity index (χ0n) is 13.3. The van der Waals surface area contributed by atoms with Gasteiger partial charge in [-0.25, -0.2) is 0 Å². The molecular weight excluding hydrogens is 264 g/mol. The number of aliphatic hydroxyl groups is 1. The highest BCUT2D eigenvalue weighted by Crippen LogP contribution is 2.64. The molecular formula is C18H28O3. The maximum absolute atomic E-state index is 11.6. The number of ether oxygens (including phenoxy) is 1. The van der Waals surface area contributed by atoms with Gasteiger partial charge in [-0.3, -0.25) is 4.79 Å². The molecule has 0 bridgehead atoms. The van der Waals surface area contributed by atoms with Crippen molar-refractivity contribution in [2.45, 2.75) is 77.4 Å². The highest BCUT2D eigenvalue weighted by molar-refractivity contribution is 5.70. The molecule has 3 aliphatic carbocycles. The Kier molecular flexibility index (Phi) is 2.99. The number of aliphatic hydroxyl groups excluding tert-OH is 1. The molecule has 1 saturated heterocycles. The minimum atomic E-state index is -0.0989. The lowest BCUT2D eigenvalue weighted by Crippen LogP contribution is -2.56. The van der Waals surface area contributed by atoms with E-state index < -0.39 is 0 Å². The van der Waals surface area contributed by atoms with Gasteiger partial charge in [-0.1, -0.05) is 13.8 Å². The topological polar surface area (TPSA) is 46.5 Å². The van der Waals surface area contributed by atoms with E-state index >= 15 is 0 Å². The molecule has 7 atom stereocenters. The molecule has 3 heteroatoms. The number of hydrogen-bond acceptors (Lipinski definition) is 3. The summed E-state index contributed by atoms with van der Waals surface area (Å²) in [6.45, 7) is 4.69. The molecule has 0 spiro atoms. The van der Waals surface area contributed by atoms with E-state index in [1.54, 1.807) is 0 Å². The predicted molar refractivity (Wildman–Crippen MR) is 79.5 cm³/mol. The summed E-state index contributed by atoms with van der Waals surface area (Å²) in [7, 11) is 0. The molecule has 3 nitrogen and oxygen atoms in total. The fraction of sp³-hybridized carbons (Fsp3) is 0.944. The van der Waals surface area contributed by atoms with Crippen molar-refractivity contribution in [3.8, 4) is 0 Å². The van der Waals surface area contributed by atoms with Crippen molar-refractivity contribution in [1.29, 1.82) is 0 Å². The molecule has 0 amide bonds. The lowest BCUT2D eigenvalue weighted by atomic mass is 9.48. The van der Waals surface area contributed by atoms with Crippen LogP contribution in [-0.4, -0.2) is 23.3 Å². The second-order valence-corrected chi connectivity index (χ2v) is 8.58. The summed E-state index contributed by atoms with van der Waals surface area (Å²) in [6, 6.07) is 0. The zero-order valence-corrected chi connectivity index (χ0v) is 13.3. The Morgan fingerprint density at radius 2 is 1.76 bits per heavy atom. The van der Waals surface area contributed by atoms with Crippen LogP contribution >= 0.6 is 0 Å². The summed E-state index contributed by atoms with van der Waals surface area (Å²) >= 11 is 0. The first-order valence-electron chi connectivity index (χ1n) is 8.83. The minimum Gasteiger partial charge on any atom is -0.462 e. The minimum absolute atomic E-state index is 0.00728. The summed E-state index contributed by atoms with van der Waals surface area (Å²) in [5.41, 5.74) is 0.335. The molecule has 4 rings (SSSR count). The van der Waals surface area contributed by atoms with Crippen molar-refractivity contribution in [3.63, 3.8) is 0 Å². The molecule has 0 aromatic carbocycles. The molecule has 118 valence electrons. The van der Waals surface area contributed by atoms with Crippen molar-refractivity contribution in [2.24, 2.45) is 28.6 Å². The van der Waals surface area contributed by atoms with E-state index in [-0.39, 0.29) is 29.0 Å². The van der Waals surface area contributed by atoms with E-state index in [1.807, 2.05) is 0 Å². The van der Waals surface area contributed by atoms with Gasteiger partial charge in [-0.05, 0) is 68.1 Å². The van der Waals surface area contributed by atoms with E-state index in [9.17, 15) is 9.90 Å². The first-order valence-corrected chi connectivity index (χ1v) is 8.83. The van der Waals surface area contributed by atoms with Crippen LogP contribution in [0.3, 0.4) is 0 Å². The SMILES string of the molecule is C[C@@]12CC[C@H]3[C@@H](CC[C@@H]4OC(=O)CC[C@]43C)[C@H]1CC[C@H]2O. The van der Waals surface area contributed by atoms with Gasteiger partial charge >= 0.3 is 5.97 Å². The molecule has 0 aromatic heterocycles. The van der Waals surface area contributed by atoms with Gasteiger partial charge in [0.15, 0.2) is 0 Å². The molecule has 1 N–H and O–H groups in total. The molecule has 4 fully saturated rings. The van der Waals surface area contributed by atoms with E-state index in [0.717, 1.165) is 31.6 Å². The second-order valence-electron chi connectivity index (χ2n) is 8.58. The summed E-state index contributed by atoms with van der Waals surface area (Å²) in [6.07, 6.45) is 8.41. The normalized spacial score (nSPS) is 56.1. The van der Waals surface area contributed by atoms with Gasteiger partial charge in [-0.2, -0.15) is 0 Å². The maximum Gasteiger partial charge on any atom is 0.306 e. The van der Waals surface area contributed by atoms with Gasteiger partial charge in [0.1, 0.15) is 6.10 Å². The Morgan fingerprint density at radius 3 is 2.57 bits per heavy atom. The summed E-state index contributed by atoms with van der Waals surface area (Å²) in [5, 5.41) is 10.4. The molecule has 0 aromatic rings. The third kappa shape index (κ3) is 1.79. The molecule has 1 heterocycles. The standard InChI is InChI=1S/C18H28O3/c1-17-9-7-13-11(12(17)4-5-14(17)19)3-6-15-18(13,2)10-8-16(20)21-15/h11-15,19H,3-10H2,1-2H3/t11-,12+,13-,14+,15-,17+,18-/m0/s1. The molecule has 21 heavy (non-hydrogen) atoms. The lowest BCUT2D eigenvalue weighted by molar-refractivity contribution is -0.193. The lowest BCUT2D eigenvalue weighted by Gasteiger charge is -2.59. The van der Waals surface area contributed by atoms with Crippen molar-refractivity contribution in [3.05, 3.63) is 0 Å². The first-order chi connectivity index (χ1) is 9.95. The largest absolute Gasteiger partial charge is 0.462 e. The highest BCUT2D eigenvalue weighted by atomic mass is 16.5. The third-order valence-corrected chi connectivity index (χ3v) is 7.87. The highest BCUT2D eigenvalue weighted by Gasteiger charge is 2.60. The number of esters is 1. The van der Waals surface area contributed by atoms with Gasteiger partial charge in [0.05, 0.1) is 6.10 Å². The molecule has 4 aliphatic rings. The smallest absolute Gasteiger partial charge is 0.306 e. The Labute approximate surface area is 127 Å². The van der Waals surface area contributed by atoms with Crippen LogP contribution in [-0.2, 0) is 9.53 Å². The van der Waals surface area contributed by atoms with Gasteiger partial charge in [0, 0.05) is 11.8 Å². The predicted octanol–water partition coefficient (Wildman–Crippen LogP) is 3.30. The number of carbonyl (C=O) groups is 1. The van der Waals surface area contributed by atoms with Crippen LogP contribution < -0.4 is 0 Å². The fourth-order valence-electron chi connectivity index (χ4n) is 6.52. The van der Waals surface area contributed by atoms with Crippen LogP contribution in [0.15, 0.2) is 0 Å². The van der Waals surface area contributed by atoms with E-state index in [0.29, 0.717) is 18.3 Å². The van der Waals surface area contributed by atoms with Gasteiger partial charge in [0.25, 0.3) is 0 Å². The molecule has 0 unspecified atom stereocenters. The molecule has 0 radical (unpaired) electrons. The van der Waals surface area contributed by atoms with Crippen LogP contribution in [0.2, 0.25) is 0 Å². The van der Waals surface area contributed by atoms with E-state index in [4.69, 9.17) is 4.74 Å². The van der Waals surface area contributed by atoms with Crippen LogP contribution in [0.25, 0.3) is 0 Å². The van der Waals surface area contributed by atoms with Crippen LogP contribution in [0.4, 0.5) is 0 Å². The quantitative estimate of drug-likeness (QED) is 0.697. The second kappa shape index (κ2) is 4.47. The van der Waals surface area contributed by atoms with Gasteiger partial charge in [0.2, 0.25) is 0 Å². The van der Waals surface area contributed by atoms with Gasteiger partial charge in [-0.15, -0.1) is 0 Å². The van der Waals surface area contributed by atoms with Crippen molar-refractivity contribution >= 4 is 5.97 Å². The molecule has 3 saturated carbocycles. The molecule has 1 aliphatic heterocycles. The van der Waals surface area contributed by atoms with Crippen molar-refractivity contribution < 1.29 is 14.6 Å². The average molecular weight is 292 g/mol. The van der Waals surface area contributed by atoms with Gasteiger partial charge < -0.3 is 9.84 Å². The Bertz CT molecular complexity index is 461. The summed E-state index contributed by atoms with van der Waals surface area (Å²) in [5.74, 6) is 2.11. The fourth-order valence-corrected chi connectivity index (χ4v) is 6.52. The number of hydrogen-bond donors (Lipinski definition) is 1. The van der Waals surface area contributed by atoms with Crippen LogP contribution in [0.5, 0.6) is 0 Å². The van der Waals surface area contributed by atoms with Crippen molar-refractivity contribution in [2.75, 3.05) is 0 Å².